The molecule has 0 amide bonds. The number of aromatic nitrogens is 4. The molecule has 188 valence electrons. The molecule has 1 aliphatic heterocycles. The monoisotopic (exact) mass is 488 g/mol. The first-order chi connectivity index (χ1) is 17.6. The molecule has 9 heteroatoms. The van der Waals surface area contributed by atoms with Gasteiger partial charge in [0.15, 0.2) is 11.5 Å². The summed E-state index contributed by atoms with van der Waals surface area (Å²) in [6, 6.07) is 17.1. The molecule has 4 aromatic rings. The van der Waals surface area contributed by atoms with E-state index in [1.54, 1.807) is 11.7 Å². The molecule has 0 atom stereocenters. The lowest BCUT2D eigenvalue weighted by molar-refractivity contribution is 0.141. The van der Waals surface area contributed by atoms with Crippen LogP contribution < -0.4 is 16.2 Å². The van der Waals surface area contributed by atoms with E-state index < -0.39 is 0 Å². The Balaban J connectivity index is 1.34. The van der Waals surface area contributed by atoms with Crippen LogP contribution in [-0.2, 0) is 17.8 Å². The summed E-state index contributed by atoms with van der Waals surface area (Å²) in [7, 11) is 1.59. The molecule has 3 N–H and O–H groups in total. The molecule has 0 aliphatic carbocycles. The smallest absolute Gasteiger partial charge is 0.328 e. The Morgan fingerprint density at radius 1 is 0.944 bits per heavy atom. The summed E-state index contributed by atoms with van der Waals surface area (Å²) in [6.45, 7) is 4.40. The topological polar surface area (TPSA) is 111 Å². The summed E-state index contributed by atoms with van der Waals surface area (Å²) < 4.78 is 12.1. The van der Waals surface area contributed by atoms with Crippen molar-refractivity contribution in [3.05, 3.63) is 70.1 Å². The van der Waals surface area contributed by atoms with Gasteiger partial charge in [-0.2, -0.15) is 9.97 Å². The number of likely N-dealkylation sites (tertiary alicyclic amines) is 1. The second-order valence-electron chi connectivity index (χ2n) is 9.18. The van der Waals surface area contributed by atoms with Gasteiger partial charge < -0.3 is 20.2 Å². The number of nitrogens with one attached hydrogen (secondary N) is 1. The molecular weight excluding hydrogens is 456 g/mol. The van der Waals surface area contributed by atoms with Gasteiger partial charge in [-0.1, -0.05) is 48.9 Å². The number of nitrogen functional groups attached to an aromatic ring is 1. The second kappa shape index (κ2) is 10.9. The number of nitrogens with two attached hydrogens (primary N) is 1. The van der Waals surface area contributed by atoms with Crippen molar-refractivity contribution in [2.24, 2.45) is 0 Å². The third kappa shape index (κ3) is 5.42. The third-order valence-electron chi connectivity index (χ3n) is 6.56. The fourth-order valence-electron chi connectivity index (χ4n) is 4.67. The minimum atomic E-state index is -0.297. The van der Waals surface area contributed by atoms with Crippen molar-refractivity contribution in [2.75, 3.05) is 39.1 Å². The number of hydrogen-bond acceptors (Lipinski definition) is 7. The van der Waals surface area contributed by atoms with E-state index in [2.05, 4.69) is 56.3 Å². The fraction of sp³-hybridized carbons (Fsp3) is 0.370. The zero-order valence-corrected chi connectivity index (χ0v) is 20.6. The summed E-state index contributed by atoms with van der Waals surface area (Å²) in [5.74, 6) is 0.169. The number of aromatic amines is 1. The SMILES string of the molecule is COCCOc1nc(N)c2[nH]c(=O)n(Cc3ccc(-c4cccc(CN5CCCCC5)c4)cc3)c2n1. The van der Waals surface area contributed by atoms with Crippen LogP contribution in [0.1, 0.15) is 30.4 Å². The zero-order chi connectivity index (χ0) is 24.9. The second-order valence-corrected chi connectivity index (χ2v) is 9.18. The van der Waals surface area contributed by atoms with E-state index in [0.29, 0.717) is 24.3 Å². The Labute approximate surface area is 209 Å². The normalized spacial score (nSPS) is 14.4. The van der Waals surface area contributed by atoms with Gasteiger partial charge in [-0.25, -0.2) is 4.79 Å². The van der Waals surface area contributed by atoms with Crippen LogP contribution in [-0.4, -0.2) is 57.8 Å². The molecular formula is C27H32N6O3. The van der Waals surface area contributed by atoms with E-state index >= 15 is 0 Å². The predicted molar refractivity (Wildman–Crippen MR) is 140 cm³/mol. The van der Waals surface area contributed by atoms with E-state index in [1.165, 1.54) is 43.5 Å². The molecule has 36 heavy (non-hydrogen) atoms. The van der Waals surface area contributed by atoms with Crippen molar-refractivity contribution in [3.63, 3.8) is 0 Å². The van der Waals surface area contributed by atoms with E-state index in [-0.39, 0.29) is 24.1 Å². The van der Waals surface area contributed by atoms with Crippen molar-refractivity contribution in [2.45, 2.75) is 32.4 Å². The molecule has 3 heterocycles. The molecule has 1 fully saturated rings. The van der Waals surface area contributed by atoms with Gasteiger partial charge in [0.2, 0.25) is 0 Å². The lowest BCUT2D eigenvalue weighted by Gasteiger charge is -2.26. The van der Waals surface area contributed by atoms with E-state index in [9.17, 15) is 4.79 Å². The molecule has 5 rings (SSSR count). The van der Waals surface area contributed by atoms with Gasteiger partial charge in [-0.3, -0.25) is 9.47 Å². The molecule has 0 bridgehead atoms. The van der Waals surface area contributed by atoms with E-state index in [0.717, 1.165) is 17.7 Å². The number of hydrogen-bond donors (Lipinski definition) is 2. The third-order valence-corrected chi connectivity index (χ3v) is 6.56. The Morgan fingerprint density at radius 2 is 1.75 bits per heavy atom. The number of rotatable bonds is 9. The van der Waals surface area contributed by atoms with Crippen molar-refractivity contribution in [3.8, 4) is 17.1 Å². The van der Waals surface area contributed by atoms with Gasteiger partial charge in [-0.15, -0.1) is 0 Å². The number of piperidine rings is 1. The number of H-pyrrole nitrogens is 1. The highest BCUT2D eigenvalue weighted by atomic mass is 16.5. The number of imidazole rings is 1. The average Bonchev–Trinajstić information content (AvgIpc) is 3.21. The lowest BCUT2D eigenvalue weighted by Crippen LogP contribution is -2.29. The maximum atomic E-state index is 12.7. The summed E-state index contributed by atoms with van der Waals surface area (Å²) in [5.41, 5.74) is 11.2. The standard InChI is InChI=1S/C27H32N6O3/c1-35-14-15-36-26-30-24(28)23-25(31-26)33(27(34)29-23)18-19-8-10-21(11-9-19)22-7-5-6-20(16-22)17-32-12-3-2-4-13-32/h5-11,16H,2-4,12-15,17-18H2,1H3,(H,29,34)(H2,28,30,31). The maximum absolute atomic E-state index is 12.7. The van der Waals surface area contributed by atoms with E-state index in [4.69, 9.17) is 15.2 Å². The number of ether oxygens (including phenoxy) is 2. The number of anilines is 1. The molecule has 2 aromatic carbocycles. The number of nitrogens with zero attached hydrogens (tertiary/aromatic N) is 4. The molecule has 1 saturated heterocycles. The Morgan fingerprint density at radius 3 is 2.53 bits per heavy atom. The first-order valence-electron chi connectivity index (χ1n) is 12.4. The van der Waals surface area contributed by atoms with Crippen molar-refractivity contribution >= 4 is 17.0 Å². The van der Waals surface area contributed by atoms with Crippen LogP contribution in [0.15, 0.2) is 53.3 Å². The minimum absolute atomic E-state index is 0.115. The highest BCUT2D eigenvalue weighted by Gasteiger charge is 2.15. The summed E-state index contributed by atoms with van der Waals surface area (Å²) in [4.78, 5) is 26.5. The van der Waals surface area contributed by atoms with Gasteiger partial charge in [-0.05, 0) is 54.3 Å². The largest absolute Gasteiger partial charge is 0.461 e. The fourth-order valence-corrected chi connectivity index (χ4v) is 4.67. The summed E-state index contributed by atoms with van der Waals surface area (Å²) in [6.07, 6.45) is 3.93. The van der Waals surface area contributed by atoms with Crippen LogP contribution in [0, 0.1) is 0 Å². The predicted octanol–water partition coefficient (Wildman–Crippen LogP) is 3.43. The van der Waals surface area contributed by atoms with Gasteiger partial charge in [0.25, 0.3) is 0 Å². The molecule has 0 radical (unpaired) electrons. The van der Waals surface area contributed by atoms with E-state index in [1.807, 2.05) is 12.1 Å². The molecule has 0 unspecified atom stereocenters. The van der Waals surface area contributed by atoms with Gasteiger partial charge >= 0.3 is 11.7 Å². The summed E-state index contributed by atoms with van der Waals surface area (Å²) >= 11 is 0. The number of benzene rings is 2. The van der Waals surface area contributed by atoms with Crippen LogP contribution in [0.25, 0.3) is 22.3 Å². The van der Waals surface area contributed by atoms with Crippen LogP contribution in [0.3, 0.4) is 0 Å². The molecule has 9 nitrogen and oxygen atoms in total. The van der Waals surface area contributed by atoms with Gasteiger partial charge in [0.1, 0.15) is 12.1 Å². The first-order valence-corrected chi connectivity index (χ1v) is 12.4. The number of methoxy groups -OCH3 is 1. The van der Waals surface area contributed by atoms with Crippen molar-refractivity contribution < 1.29 is 9.47 Å². The number of fused-ring (bicyclic) bond motifs is 1. The minimum Gasteiger partial charge on any atom is -0.461 e. The van der Waals surface area contributed by atoms with Crippen molar-refractivity contribution in [1.29, 1.82) is 0 Å². The van der Waals surface area contributed by atoms with Crippen molar-refractivity contribution in [1.82, 2.24) is 24.4 Å². The quantitative estimate of drug-likeness (QED) is 0.347. The van der Waals surface area contributed by atoms with Crippen LogP contribution >= 0.6 is 0 Å². The Kier molecular flexibility index (Phi) is 7.29. The van der Waals surface area contributed by atoms with Gasteiger partial charge in [0, 0.05) is 13.7 Å². The highest BCUT2D eigenvalue weighted by Crippen LogP contribution is 2.24. The Hall–Kier alpha value is -3.69. The van der Waals surface area contributed by atoms with Crippen LogP contribution in [0.2, 0.25) is 0 Å². The average molecular weight is 489 g/mol. The Bertz CT molecular complexity index is 1370. The first kappa shape index (κ1) is 24.0. The maximum Gasteiger partial charge on any atom is 0.328 e. The van der Waals surface area contributed by atoms with Gasteiger partial charge in [0.05, 0.1) is 13.2 Å². The molecule has 0 saturated carbocycles. The molecule has 1 aliphatic rings. The molecule has 2 aromatic heterocycles. The van der Waals surface area contributed by atoms with Crippen LogP contribution in [0.4, 0.5) is 5.82 Å². The lowest BCUT2D eigenvalue weighted by atomic mass is 10.0. The van der Waals surface area contributed by atoms with Crippen LogP contribution in [0.5, 0.6) is 6.01 Å². The zero-order valence-electron chi connectivity index (χ0n) is 20.6. The summed E-state index contributed by atoms with van der Waals surface area (Å²) in [5, 5.41) is 0. The highest BCUT2D eigenvalue weighted by molar-refractivity contribution is 5.82. The molecule has 0 spiro atoms.